The lowest BCUT2D eigenvalue weighted by molar-refractivity contribution is -0.145. The van der Waals surface area contributed by atoms with Crippen molar-refractivity contribution in [3.05, 3.63) is 47.6 Å². The Morgan fingerprint density at radius 2 is 2.00 bits per heavy atom. The molecule has 2 aromatic heterocycles. The van der Waals surface area contributed by atoms with Crippen LogP contribution in [0.15, 0.2) is 40.0 Å². The maximum absolute atomic E-state index is 14.6. The number of aliphatic carboxylic acids is 1. The number of nitrogens with zero attached hydrogens (tertiary/aromatic N) is 3. The predicted octanol–water partition coefficient (Wildman–Crippen LogP) is 5.74. The van der Waals surface area contributed by atoms with Crippen LogP contribution in [0, 0.1) is 12.7 Å². The van der Waals surface area contributed by atoms with Crippen LogP contribution in [-0.2, 0) is 19.6 Å². The summed E-state index contributed by atoms with van der Waals surface area (Å²) in [5, 5.41) is 10.1. The van der Waals surface area contributed by atoms with Crippen LogP contribution in [-0.4, -0.2) is 60.1 Å². The molecule has 0 unspecified atom stereocenters. The first kappa shape index (κ1) is 30.0. The minimum atomic E-state index is -4.64. The number of aromatic nitrogens is 1. The van der Waals surface area contributed by atoms with E-state index in [2.05, 4.69) is 4.98 Å². The second-order valence-electron chi connectivity index (χ2n) is 10.8. The number of carbonyl (C=O) groups excluding carboxylic acids is 1. The number of carbonyl (C=O) groups is 2. The Morgan fingerprint density at radius 3 is 2.62 bits per heavy atom. The number of anilines is 1. The van der Waals surface area contributed by atoms with Gasteiger partial charge >= 0.3 is 12.0 Å². The van der Waals surface area contributed by atoms with Gasteiger partial charge in [0.15, 0.2) is 5.54 Å². The molecule has 1 aliphatic carbocycles. The minimum absolute atomic E-state index is 0.0655. The Labute approximate surface area is 246 Å². The van der Waals surface area contributed by atoms with Crippen molar-refractivity contribution < 1.29 is 41.4 Å². The van der Waals surface area contributed by atoms with Crippen molar-refractivity contribution in [1.82, 2.24) is 9.29 Å². The van der Waals surface area contributed by atoms with Gasteiger partial charge in [0, 0.05) is 5.56 Å². The molecule has 1 atom stereocenters. The Bertz CT molecular complexity index is 1600. The topological polar surface area (TPSA) is 139 Å². The third kappa shape index (κ3) is 5.15. The van der Waals surface area contributed by atoms with Gasteiger partial charge in [-0.1, -0.05) is 19.3 Å². The van der Waals surface area contributed by atoms with Gasteiger partial charge in [-0.2, -0.15) is 4.31 Å². The molecule has 1 aliphatic heterocycles. The first-order chi connectivity index (χ1) is 19.9. The summed E-state index contributed by atoms with van der Waals surface area (Å²) in [5.74, 6) is -1.56. The number of amides is 2. The Morgan fingerprint density at radius 1 is 1.29 bits per heavy atom. The molecule has 3 aromatic rings. The molecule has 0 spiro atoms. The number of urea groups is 1. The van der Waals surface area contributed by atoms with Gasteiger partial charge in [-0.25, -0.2) is 27.4 Å². The fourth-order valence-electron chi connectivity index (χ4n) is 5.45. The fourth-order valence-corrected chi connectivity index (χ4v) is 9.09. The number of halogens is 1. The van der Waals surface area contributed by atoms with Gasteiger partial charge in [0.05, 0.1) is 30.8 Å². The third-order valence-corrected chi connectivity index (χ3v) is 11.2. The number of oxazole rings is 1. The quantitative estimate of drug-likeness (QED) is 0.317. The largest absolute Gasteiger partial charge is 0.496 e. The zero-order valence-corrected chi connectivity index (χ0v) is 25.3. The van der Waals surface area contributed by atoms with Gasteiger partial charge in [-0.3, -0.25) is 4.90 Å². The highest BCUT2D eigenvalue weighted by molar-refractivity contribution is 7.90. The van der Waals surface area contributed by atoms with Crippen LogP contribution < -0.4 is 9.64 Å². The van der Waals surface area contributed by atoms with Crippen molar-refractivity contribution in [2.75, 3.05) is 18.6 Å². The van der Waals surface area contributed by atoms with Crippen LogP contribution in [0.4, 0.5) is 14.2 Å². The number of benzene rings is 1. The number of methoxy groups -OCH3 is 1. The summed E-state index contributed by atoms with van der Waals surface area (Å²) in [6.07, 6.45) is 6.15. The molecular weight excluding hydrogens is 589 g/mol. The van der Waals surface area contributed by atoms with Gasteiger partial charge in [0.25, 0.3) is 10.0 Å². The number of ether oxygens (including phenoxy) is 2. The molecule has 2 amide bonds. The van der Waals surface area contributed by atoms with Crippen molar-refractivity contribution >= 4 is 38.4 Å². The molecule has 1 N–H and O–H groups in total. The Balaban J connectivity index is 1.69. The number of rotatable bonds is 9. The van der Waals surface area contributed by atoms with Crippen LogP contribution in [0.5, 0.6) is 5.75 Å². The lowest BCUT2D eigenvalue weighted by Crippen LogP contribution is -2.62. The molecule has 11 nitrogen and oxygen atoms in total. The molecule has 2 aliphatic rings. The first-order valence-corrected chi connectivity index (χ1v) is 15.8. The number of carboxylic acids is 1. The lowest BCUT2D eigenvalue weighted by atomic mass is 9.97. The second kappa shape index (κ2) is 11.3. The zero-order chi connectivity index (χ0) is 30.4. The number of carboxylic acid groups (broad SMARTS) is 1. The number of thiophene rings is 1. The van der Waals surface area contributed by atoms with E-state index in [0.29, 0.717) is 20.5 Å². The van der Waals surface area contributed by atoms with E-state index in [1.807, 2.05) is 0 Å². The van der Waals surface area contributed by atoms with Gasteiger partial charge in [0.2, 0.25) is 5.89 Å². The van der Waals surface area contributed by atoms with Crippen molar-refractivity contribution in [2.45, 2.75) is 75.5 Å². The van der Waals surface area contributed by atoms with Crippen LogP contribution in [0.25, 0.3) is 10.8 Å². The Hall–Kier alpha value is -3.49. The molecule has 1 saturated carbocycles. The molecule has 0 bridgehead atoms. The molecule has 1 fully saturated rings. The molecule has 5 rings (SSSR count). The molecule has 42 heavy (non-hydrogen) atoms. The summed E-state index contributed by atoms with van der Waals surface area (Å²) in [6.45, 7) is 3.61. The predicted molar refractivity (Wildman–Crippen MR) is 152 cm³/mol. The van der Waals surface area contributed by atoms with Crippen molar-refractivity contribution in [3.8, 4) is 16.5 Å². The maximum atomic E-state index is 14.6. The molecule has 3 heterocycles. The summed E-state index contributed by atoms with van der Waals surface area (Å²) in [6, 6.07) is 2.92. The third-order valence-electron chi connectivity index (χ3n) is 7.68. The van der Waals surface area contributed by atoms with E-state index in [0.717, 1.165) is 57.3 Å². The molecule has 1 aromatic carbocycles. The van der Waals surface area contributed by atoms with Gasteiger partial charge in [0.1, 0.15) is 33.8 Å². The second-order valence-corrected chi connectivity index (χ2v) is 13.5. The van der Waals surface area contributed by atoms with E-state index in [-0.39, 0.29) is 34.0 Å². The number of hydrogen-bond donors (Lipinski definition) is 1. The van der Waals surface area contributed by atoms with Crippen LogP contribution in [0.3, 0.4) is 0 Å². The molecule has 0 saturated heterocycles. The highest BCUT2D eigenvalue weighted by Gasteiger charge is 2.54. The number of sulfonamides is 1. The summed E-state index contributed by atoms with van der Waals surface area (Å²) < 4.78 is 60.5. The highest BCUT2D eigenvalue weighted by Crippen LogP contribution is 2.50. The normalized spacial score (nSPS) is 18.2. The van der Waals surface area contributed by atoms with E-state index in [4.69, 9.17) is 13.9 Å². The summed E-state index contributed by atoms with van der Waals surface area (Å²) in [7, 11) is -3.20. The zero-order valence-electron chi connectivity index (χ0n) is 23.6. The average molecular weight is 622 g/mol. The maximum Gasteiger partial charge on any atom is 0.340 e. The monoisotopic (exact) mass is 621 g/mol. The average Bonchev–Trinajstić information content (AvgIpc) is 3.59. The van der Waals surface area contributed by atoms with E-state index in [9.17, 15) is 27.5 Å². The molecule has 226 valence electrons. The van der Waals surface area contributed by atoms with Gasteiger partial charge in [-0.15, -0.1) is 11.3 Å². The van der Waals surface area contributed by atoms with Crippen molar-refractivity contribution in [2.24, 2.45) is 0 Å². The van der Waals surface area contributed by atoms with E-state index in [1.54, 1.807) is 6.92 Å². The summed E-state index contributed by atoms with van der Waals surface area (Å²) in [4.78, 5) is 31.9. The smallest absolute Gasteiger partial charge is 0.340 e. The van der Waals surface area contributed by atoms with Crippen molar-refractivity contribution in [3.63, 3.8) is 0 Å². The SMILES string of the molecule is COc1ccc(F)cc1[C@H](CN1C(=O)N(C(C)(C)C(=O)O)S(=O)(=O)c2c1sc(-c1ncco1)c2C)OC1CCCCC1. The number of hydrogen-bond acceptors (Lipinski definition) is 9. The minimum Gasteiger partial charge on any atom is -0.496 e. The fraction of sp³-hybridized carbons (Fsp3) is 0.464. The van der Waals surface area contributed by atoms with Gasteiger partial charge in [-0.05, 0) is 57.4 Å². The molecule has 0 radical (unpaired) electrons. The van der Waals surface area contributed by atoms with Crippen LogP contribution >= 0.6 is 11.3 Å². The number of fused-ring (bicyclic) bond motifs is 1. The standard InChI is InChI=1S/C28H32FN3O8S2/c1-16-22(24-30-12-13-39-24)41-25-23(16)42(36,37)32(28(2,3)26(33)34)27(35)31(25)15-21(40-18-8-6-5-7-9-18)19-14-17(29)10-11-20(19)38-4/h10-14,18,21H,5-9,15H2,1-4H3,(H,33,34)/t21-/m0/s1. The van der Waals surface area contributed by atoms with E-state index >= 15 is 0 Å². The van der Waals surface area contributed by atoms with Crippen LogP contribution in [0.1, 0.15) is 63.2 Å². The van der Waals surface area contributed by atoms with E-state index in [1.165, 1.54) is 42.7 Å². The van der Waals surface area contributed by atoms with E-state index < -0.39 is 39.5 Å². The molecular formula is C28H32FN3O8S2. The highest BCUT2D eigenvalue weighted by atomic mass is 32.2. The van der Waals surface area contributed by atoms with Crippen LogP contribution in [0.2, 0.25) is 0 Å². The molecule has 14 heteroatoms. The van der Waals surface area contributed by atoms with Gasteiger partial charge < -0.3 is 19.0 Å². The summed E-state index contributed by atoms with van der Waals surface area (Å²) >= 11 is 0.986. The lowest BCUT2D eigenvalue weighted by Gasteiger charge is -2.42. The summed E-state index contributed by atoms with van der Waals surface area (Å²) in [5.41, 5.74) is -1.54. The first-order valence-electron chi connectivity index (χ1n) is 13.5. The van der Waals surface area contributed by atoms with Crippen molar-refractivity contribution in [1.29, 1.82) is 0 Å². The Kier molecular flexibility index (Phi) is 8.07.